The van der Waals surface area contributed by atoms with Crippen LogP contribution < -0.4 is 15.1 Å². The molecule has 0 aliphatic carbocycles. The number of hydrogen-bond acceptors (Lipinski definition) is 8. The summed E-state index contributed by atoms with van der Waals surface area (Å²) in [5.41, 5.74) is 0. The predicted molar refractivity (Wildman–Crippen MR) is 119 cm³/mol. The quantitative estimate of drug-likeness (QED) is 0.668. The summed E-state index contributed by atoms with van der Waals surface area (Å²) >= 11 is 0. The molecule has 0 bridgehead atoms. The zero-order valence-electron chi connectivity index (χ0n) is 17.0. The average molecular weight is 469 g/mol. The van der Waals surface area contributed by atoms with E-state index in [-0.39, 0.29) is 30.7 Å². The number of sulfone groups is 1. The molecule has 3 heterocycles. The van der Waals surface area contributed by atoms with E-state index >= 15 is 0 Å². The van der Waals surface area contributed by atoms with Gasteiger partial charge in [0.25, 0.3) is 0 Å². The molecule has 0 saturated carbocycles. The van der Waals surface area contributed by atoms with Crippen molar-refractivity contribution >= 4 is 52.3 Å². The monoisotopic (exact) mass is 468 g/mol. The molecule has 1 amide bonds. The summed E-state index contributed by atoms with van der Waals surface area (Å²) in [5, 5.41) is 3.15. The Hall–Kier alpha value is -1.36. The van der Waals surface area contributed by atoms with Crippen molar-refractivity contribution in [1.82, 2.24) is 20.2 Å². The summed E-state index contributed by atoms with van der Waals surface area (Å²) in [5.74, 6) is 1.21. The van der Waals surface area contributed by atoms with E-state index in [2.05, 4.69) is 20.2 Å². The van der Waals surface area contributed by atoms with Crippen molar-refractivity contribution in [3.63, 3.8) is 0 Å². The number of nitrogens with zero attached hydrogens (tertiary/aromatic N) is 5. The Morgan fingerprint density at radius 3 is 2.24 bits per heavy atom. The molecule has 1 aromatic rings. The van der Waals surface area contributed by atoms with Crippen molar-refractivity contribution in [2.24, 2.45) is 0 Å². The van der Waals surface area contributed by atoms with Crippen LogP contribution in [0.5, 0.6) is 0 Å². The molecule has 0 atom stereocenters. The summed E-state index contributed by atoms with van der Waals surface area (Å²) in [6.45, 7) is 3.32. The second-order valence-corrected chi connectivity index (χ2v) is 9.73. The molecule has 2 saturated heterocycles. The third-order valence-electron chi connectivity index (χ3n) is 5.43. The maximum atomic E-state index is 13.2. The highest BCUT2D eigenvalue weighted by molar-refractivity contribution is 7.92. The standard InChI is InChI=1S/C17H28N6O3S.2ClH/c1-21(2)16-19-7-4-14(20-16)22-10-12-23(13-11-22)15(24)17(27(3,25)26)5-8-18-9-6-17;;/h4,7,18H,5-6,8-13H2,1-3H3;2*1H. The molecule has 166 valence electrons. The highest BCUT2D eigenvalue weighted by Crippen LogP contribution is 2.30. The minimum absolute atomic E-state index is 0. The first-order valence-corrected chi connectivity index (χ1v) is 11.1. The van der Waals surface area contributed by atoms with Crippen LogP contribution in [0.3, 0.4) is 0 Å². The SMILES string of the molecule is CN(C)c1nccc(N2CCN(C(=O)C3(S(C)(=O)=O)CCNCC3)CC2)n1.Cl.Cl. The number of carbonyl (C=O) groups is 1. The van der Waals surface area contributed by atoms with Crippen LogP contribution in [0.1, 0.15) is 12.8 Å². The number of halogens is 2. The van der Waals surface area contributed by atoms with Crippen molar-refractivity contribution in [3.8, 4) is 0 Å². The molecular weight excluding hydrogens is 439 g/mol. The Morgan fingerprint density at radius 1 is 1.14 bits per heavy atom. The number of anilines is 2. The van der Waals surface area contributed by atoms with E-state index in [4.69, 9.17) is 0 Å². The zero-order valence-corrected chi connectivity index (χ0v) is 19.4. The fourth-order valence-corrected chi connectivity index (χ4v) is 5.12. The molecule has 2 aliphatic heterocycles. The normalized spacial score (nSPS) is 19.0. The molecule has 2 fully saturated rings. The highest BCUT2D eigenvalue weighted by atomic mass is 35.5. The van der Waals surface area contributed by atoms with Crippen molar-refractivity contribution in [1.29, 1.82) is 0 Å². The first-order valence-electron chi connectivity index (χ1n) is 9.20. The first-order chi connectivity index (χ1) is 12.7. The Labute approximate surface area is 185 Å². The van der Waals surface area contributed by atoms with E-state index in [9.17, 15) is 13.2 Å². The summed E-state index contributed by atoms with van der Waals surface area (Å²) < 4.78 is 23.7. The van der Waals surface area contributed by atoms with Gasteiger partial charge in [0.15, 0.2) is 14.6 Å². The number of amides is 1. The van der Waals surface area contributed by atoms with E-state index in [0.717, 1.165) is 5.82 Å². The van der Waals surface area contributed by atoms with Gasteiger partial charge in [-0.3, -0.25) is 4.79 Å². The van der Waals surface area contributed by atoms with E-state index < -0.39 is 14.6 Å². The van der Waals surface area contributed by atoms with Gasteiger partial charge in [-0.1, -0.05) is 0 Å². The lowest BCUT2D eigenvalue weighted by Crippen LogP contribution is -2.61. The third kappa shape index (κ3) is 5.22. The molecule has 2 aliphatic rings. The lowest BCUT2D eigenvalue weighted by molar-refractivity contribution is -0.135. The van der Waals surface area contributed by atoms with Gasteiger partial charge in [0.2, 0.25) is 11.9 Å². The number of rotatable bonds is 4. The molecule has 1 N–H and O–H groups in total. The molecule has 0 aromatic carbocycles. The number of hydrogen-bond donors (Lipinski definition) is 1. The Bertz CT molecular complexity index is 794. The van der Waals surface area contributed by atoms with Gasteiger partial charge in [0.1, 0.15) is 5.82 Å². The van der Waals surface area contributed by atoms with Crippen molar-refractivity contribution in [3.05, 3.63) is 12.3 Å². The van der Waals surface area contributed by atoms with Gasteiger partial charge in [-0.25, -0.2) is 13.4 Å². The van der Waals surface area contributed by atoms with Gasteiger partial charge < -0.3 is 20.0 Å². The first kappa shape index (κ1) is 25.7. The number of carbonyl (C=O) groups excluding carboxylic acids is 1. The summed E-state index contributed by atoms with van der Waals surface area (Å²) in [6.07, 6.45) is 3.59. The molecule has 0 spiro atoms. The zero-order chi connectivity index (χ0) is 19.7. The minimum Gasteiger partial charge on any atom is -0.353 e. The van der Waals surface area contributed by atoms with Crippen LogP contribution in [-0.4, -0.2) is 93.6 Å². The maximum absolute atomic E-state index is 13.2. The largest absolute Gasteiger partial charge is 0.353 e. The van der Waals surface area contributed by atoms with E-state index in [1.54, 1.807) is 11.1 Å². The number of piperazine rings is 1. The lowest BCUT2D eigenvalue weighted by Gasteiger charge is -2.42. The fourth-order valence-electron chi connectivity index (χ4n) is 3.73. The molecule has 9 nitrogen and oxygen atoms in total. The third-order valence-corrected chi connectivity index (χ3v) is 7.43. The Balaban J connectivity index is 0.00000210. The van der Waals surface area contributed by atoms with Crippen LogP contribution in [0.15, 0.2) is 12.3 Å². The summed E-state index contributed by atoms with van der Waals surface area (Å²) in [6, 6.07) is 1.86. The van der Waals surface area contributed by atoms with Gasteiger partial charge in [0.05, 0.1) is 0 Å². The highest BCUT2D eigenvalue weighted by Gasteiger charge is 2.50. The predicted octanol–water partition coefficient (Wildman–Crippen LogP) is 0.202. The number of nitrogens with one attached hydrogen (secondary N) is 1. The van der Waals surface area contributed by atoms with Crippen LogP contribution in [0.4, 0.5) is 11.8 Å². The van der Waals surface area contributed by atoms with Crippen LogP contribution >= 0.6 is 24.8 Å². The Morgan fingerprint density at radius 2 is 1.72 bits per heavy atom. The molecule has 3 rings (SSSR count). The topological polar surface area (TPSA) is 98.7 Å². The number of piperidine rings is 1. The second kappa shape index (κ2) is 10.1. The van der Waals surface area contributed by atoms with Gasteiger partial charge in [-0.05, 0) is 32.0 Å². The van der Waals surface area contributed by atoms with E-state index in [1.807, 2.05) is 25.1 Å². The van der Waals surface area contributed by atoms with E-state index in [1.165, 1.54) is 6.26 Å². The Kier molecular flexibility index (Phi) is 8.94. The summed E-state index contributed by atoms with van der Waals surface area (Å²) in [4.78, 5) is 27.6. The molecule has 1 aromatic heterocycles. The van der Waals surface area contributed by atoms with Crippen molar-refractivity contribution < 1.29 is 13.2 Å². The molecule has 12 heteroatoms. The van der Waals surface area contributed by atoms with Crippen LogP contribution in [0.2, 0.25) is 0 Å². The average Bonchev–Trinajstić information content (AvgIpc) is 2.67. The van der Waals surface area contributed by atoms with Gasteiger partial charge in [-0.15, -0.1) is 24.8 Å². The van der Waals surface area contributed by atoms with Gasteiger partial charge in [-0.2, -0.15) is 4.98 Å². The molecule has 0 unspecified atom stereocenters. The van der Waals surface area contributed by atoms with Crippen molar-refractivity contribution in [2.75, 3.05) is 69.4 Å². The van der Waals surface area contributed by atoms with Gasteiger partial charge in [0, 0.05) is 52.7 Å². The molecular formula is C17H30Cl2N6O3S. The van der Waals surface area contributed by atoms with Crippen molar-refractivity contribution in [2.45, 2.75) is 17.6 Å². The molecule has 29 heavy (non-hydrogen) atoms. The fraction of sp³-hybridized carbons (Fsp3) is 0.706. The minimum atomic E-state index is -3.49. The summed E-state index contributed by atoms with van der Waals surface area (Å²) in [7, 11) is 0.289. The lowest BCUT2D eigenvalue weighted by atomic mass is 9.95. The number of aromatic nitrogens is 2. The van der Waals surface area contributed by atoms with E-state index in [0.29, 0.717) is 58.1 Å². The smallest absolute Gasteiger partial charge is 0.244 e. The second-order valence-electron chi connectivity index (χ2n) is 7.40. The van der Waals surface area contributed by atoms with Crippen LogP contribution in [-0.2, 0) is 14.6 Å². The maximum Gasteiger partial charge on any atom is 0.244 e. The van der Waals surface area contributed by atoms with Crippen LogP contribution in [0, 0.1) is 0 Å². The van der Waals surface area contributed by atoms with Gasteiger partial charge >= 0.3 is 0 Å². The molecule has 0 radical (unpaired) electrons. The van der Waals surface area contributed by atoms with Crippen LogP contribution in [0.25, 0.3) is 0 Å².